The van der Waals surface area contributed by atoms with Crippen LogP contribution in [0.5, 0.6) is 0 Å². The Morgan fingerprint density at radius 3 is 2.60 bits per heavy atom. The van der Waals surface area contributed by atoms with Crippen LogP contribution in [0.4, 0.5) is 8.78 Å². The molecule has 110 valence electrons. The minimum absolute atomic E-state index is 0.00359. The maximum absolute atomic E-state index is 13.0. The van der Waals surface area contributed by atoms with E-state index in [1.165, 1.54) is 17.8 Å². The van der Waals surface area contributed by atoms with Gasteiger partial charge in [0.25, 0.3) is 0 Å². The first kappa shape index (κ1) is 15.3. The van der Waals surface area contributed by atoms with Crippen LogP contribution in [0.2, 0.25) is 0 Å². The molecule has 0 atom stereocenters. The number of piperidine rings is 1. The zero-order chi connectivity index (χ0) is 14.5. The minimum atomic E-state index is -0.897. The molecule has 20 heavy (non-hydrogen) atoms. The van der Waals surface area contributed by atoms with Crippen LogP contribution in [0.15, 0.2) is 23.1 Å². The molecule has 1 aliphatic heterocycles. The molecule has 2 rings (SSSR count). The van der Waals surface area contributed by atoms with Crippen molar-refractivity contribution in [1.82, 2.24) is 4.90 Å². The van der Waals surface area contributed by atoms with Crippen LogP contribution in [0.1, 0.15) is 12.8 Å². The van der Waals surface area contributed by atoms with Crippen LogP contribution in [0.25, 0.3) is 0 Å². The van der Waals surface area contributed by atoms with Gasteiger partial charge < -0.3 is 10.0 Å². The van der Waals surface area contributed by atoms with E-state index >= 15 is 0 Å². The Labute approximate surface area is 121 Å². The lowest BCUT2D eigenvalue weighted by atomic mass is 9.98. The number of thioether (sulfide) groups is 1. The number of carbonyl (C=O) groups is 1. The van der Waals surface area contributed by atoms with Gasteiger partial charge in [-0.15, -0.1) is 11.8 Å². The van der Waals surface area contributed by atoms with Gasteiger partial charge in [-0.1, -0.05) is 0 Å². The largest absolute Gasteiger partial charge is 0.396 e. The molecule has 0 bridgehead atoms. The fraction of sp³-hybridized carbons (Fsp3) is 0.500. The van der Waals surface area contributed by atoms with E-state index in [1.54, 1.807) is 4.90 Å². The molecule has 1 N–H and O–H groups in total. The Balaban J connectivity index is 1.81. The molecule has 0 aliphatic carbocycles. The number of rotatable bonds is 4. The third kappa shape index (κ3) is 3.93. The SMILES string of the molecule is O=C(CSc1ccc(F)c(F)c1)N1CCC(CO)CC1. The number of likely N-dealkylation sites (tertiary alicyclic amines) is 1. The Hall–Kier alpha value is -1.14. The molecule has 1 aliphatic rings. The summed E-state index contributed by atoms with van der Waals surface area (Å²) in [4.78, 5) is 14.3. The van der Waals surface area contributed by atoms with Crippen molar-refractivity contribution in [3.05, 3.63) is 29.8 Å². The zero-order valence-corrected chi connectivity index (χ0v) is 11.8. The number of carbonyl (C=O) groups excluding carboxylic acids is 1. The van der Waals surface area contributed by atoms with Crippen molar-refractivity contribution >= 4 is 17.7 Å². The second-order valence-electron chi connectivity index (χ2n) is 4.87. The number of amides is 1. The lowest BCUT2D eigenvalue weighted by Gasteiger charge is -2.31. The van der Waals surface area contributed by atoms with Crippen LogP contribution in [0, 0.1) is 17.6 Å². The van der Waals surface area contributed by atoms with Crippen molar-refractivity contribution in [3.63, 3.8) is 0 Å². The Morgan fingerprint density at radius 2 is 2.00 bits per heavy atom. The van der Waals surface area contributed by atoms with E-state index in [-0.39, 0.29) is 24.2 Å². The van der Waals surface area contributed by atoms with E-state index in [2.05, 4.69) is 0 Å². The van der Waals surface area contributed by atoms with Crippen molar-refractivity contribution in [2.24, 2.45) is 5.92 Å². The van der Waals surface area contributed by atoms with Gasteiger partial charge in [-0.2, -0.15) is 0 Å². The van der Waals surface area contributed by atoms with Gasteiger partial charge >= 0.3 is 0 Å². The number of hydrogen-bond acceptors (Lipinski definition) is 3. The van der Waals surface area contributed by atoms with Crippen LogP contribution in [0.3, 0.4) is 0 Å². The van der Waals surface area contributed by atoms with E-state index in [4.69, 9.17) is 5.11 Å². The van der Waals surface area contributed by atoms with E-state index in [0.29, 0.717) is 18.0 Å². The van der Waals surface area contributed by atoms with E-state index in [1.807, 2.05) is 0 Å². The van der Waals surface area contributed by atoms with Gasteiger partial charge in [0.1, 0.15) is 0 Å². The quantitative estimate of drug-likeness (QED) is 0.868. The van der Waals surface area contributed by atoms with Crippen LogP contribution in [-0.2, 0) is 4.79 Å². The molecule has 1 aromatic carbocycles. The Bertz CT molecular complexity index is 476. The summed E-state index contributed by atoms with van der Waals surface area (Å²) >= 11 is 1.20. The first-order valence-electron chi connectivity index (χ1n) is 6.56. The van der Waals surface area contributed by atoms with Crippen LogP contribution in [-0.4, -0.2) is 41.4 Å². The second-order valence-corrected chi connectivity index (χ2v) is 5.92. The molecule has 0 unspecified atom stereocenters. The maximum atomic E-state index is 13.0. The van der Waals surface area contributed by atoms with Gasteiger partial charge in [0.15, 0.2) is 11.6 Å². The summed E-state index contributed by atoms with van der Waals surface area (Å²) in [6.07, 6.45) is 1.64. The lowest BCUT2D eigenvalue weighted by Crippen LogP contribution is -2.40. The standard InChI is InChI=1S/C14H17F2NO2S/c15-12-2-1-11(7-13(12)16)20-9-14(19)17-5-3-10(8-18)4-6-17/h1-2,7,10,18H,3-6,8-9H2. The highest BCUT2D eigenvalue weighted by Crippen LogP contribution is 2.22. The fourth-order valence-corrected chi connectivity index (χ4v) is 2.99. The van der Waals surface area contributed by atoms with Crippen LogP contribution >= 0.6 is 11.8 Å². The summed E-state index contributed by atoms with van der Waals surface area (Å²) in [5.41, 5.74) is 0. The molecule has 0 saturated carbocycles. The van der Waals surface area contributed by atoms with Gasteiger partial charge in [0.05, 0.1) is 5.75 Å². The van der Waals surface area contributed by atoms with Crippen molar-refractivity contribution in [2.75, 3.05) is 25.4 Å². The molecule has 0 radical (unpaired) electrons. The topological polar surface area (TPSA) is 40.5 Å². The van der Waals surface area contributed by atoms with Crippen molar-refractivity contribution in [2.45, 2.75) is 17.7 Å². The smallest absolute Gasteiger partial charge is 0.232 e. The summed E-state index contributed by atoms with van der Waals surface area (Å²) in [5, 5.41) is 9.04. The molecule has 1 amide bonds. The monoisotopic (exact) mass is 301 g/mol. The second kappa shape index (κ2) is 7.04. The number of benzene rings is 1. The predicted octanol–water partition coefficient (Wildman–Crippen LogP) is 2.29. The maximum Gasteiger partial charge on any atom is 0.232 e. The lowest BCUT2D eigenvalue weighted by molar-refractivity contribution is -0.129. The highest BCUT2D eigenvalue weighted by molar-refractivity contribution is 8.00. The number of halogens is 2. The van der Waals surface area contributed by atoms with Crippen molar-refractivity contribution in [3.8, 4) is 0 Å². The molecular formula is C14H17F2NO2S. The number of aliphatic hydroxyl groups excluding tert-OH is 1. The predicted molar refractivity (Wildman–Crippen MR) is 73.5 cm³/mol. The van der Waals surface area contributed by atoms with E-state index in [0.717, 1.165) is 25.0 Å². The highest BCUT2D eigenvalue weighted by atomic mass is 32.2. The number of aliphatic hydroxyl groups is 1. The molecular weight excluding hydrogens is 284 g/mol. The third-order valence-electron chi connectivity index (χ3n) is 3.48. The summed E-state index contributed by atoms with van der Waals surface area (Å²) < 4.78 is 25.8. The average Bonchev–Trinajstić information content (AvgIpc) is 2.48. The fourth-order valence-electron chi connectivity index (χ4n) is 2.17. The summed E-state index contributed by atoms with van der Waals surface area (Å²) in [7, 11) is 0. The number of hydrogen-bond donors (Lipinski definition) is 1. The van der Waals surface area contributed by atoms with E-state index in [9.17, 15) is 13.6 Å². The molecule has 1 fully saturated rings. The van der Waals surface area contributed by atoms with E-state index < -0.39 is 11.6 Å². The minimum Gasteiger partial charge on any atom is -0.396 e. The van der Waals surface area contributed by atoms with Gasteiger partial charge in [-0.05, 0) is 37.0 Å². The molecule has 1 heterocycles. The molecule has 0 aromatic heterocycles. The van der Waals surface area contributed by atoms with Crippen LogP contribution < -0.4 is 0 Å². The summed E-state index contributed by atoms with van der Waals surface area (Å²) in [6, 6.07) is 3.63. The third-order valence-corrected chi connectivity index (χ3v) is 4.46. The highest BCUT2D eigenvalue weighted by Gasteiger charge is 2.22. The summed E-state index contributed by atoms with van der Waals surface area (Å²) in [6.45, 7) is 1.48. The number of nitrogens with zero attached hydrogens (tertiary/aromatic N) is 1. The first-order chi connectivity index (χ1) is 9.60. The normalized spacial score (nSPS) is 16.4. The Morgan fingerprint density at radius 1 is 1.30 bits per heavy atom. The Kier molecular flexibility index (Phi) is 5.37. The molecule has 1 saturated heterocycles. The molecule has 0 spiro atoms. The molecule has 6 heteroatoms. The molecule has 3 nitrogen and oxygen atoms in total. The van der Waals surface area contributed by atoms with Gasteiger partial charge in [-0.25, -0.2) is 8.78 Å². The van der Waals surface area contributed by atoms with Gasteiger partial charge in [0, 0.05) is 24.6 Å². The van der Waals surface area contributed by atoms with Gasteiger partial charge in [-0.3, -0.25) is 4.79 Å². The van der Waals surface area contributed by atoms with Crippen molar-refractivity contribution < 1.29 is 18.7 Å². The average molecular weight is 301 g/mol. The first-order valence-corrected chi connectivity index (χ1v) is 7.55. The van der Waals surface area contributed by atoms with Crippen molar-refractivity contribution in [1.29, 1.82) is 0 Å². The molecule has 1 aromatic rings. The zero-order valence-electron chi connectivity index (χ0n) is 11.0. The summed E-state index contributed by atoms with van der Waals surface area (Å²) in [5.74, 6) is -1.28. The van der Waals surface area contributed by atoms with Gasteiger partial charge in [0.2, 0.25) is 5.91 Å².